The van der Waals surface area contributed by atoms with Crippen molar-refractivity contribution in [3.05, 3.63) is 35.9 Å². The van der Waals surface area contributed by atoms with E-state index in [0.717, 1.165) is 23.5 Å². The Morgan fingerprint density at radius 1 is 1.30 bits per heavy atom. The Balaban J connectivity index is 2.27. The van der Waals surface area contributed by atoms with Gasteiger partial charge in [0.05, 0.1) is 12.6 Å². The first kappa shape index (κ1) is 18.5. The quantitative estimate of drug-likeness (QED) is 0.860. The summed E-state index contributed by atoms with van der Waals surface area (Å²) < 4.78 is 4.94. The predicted molar refractivity (Wildman–Crippen MR) is 97.9 cm³/mol. The van der Waals surface area contributed by atoms with Crippen LogP contribution < -0.4 is 5.32 Å². The van der Waals surface area contributed by atoms with Gasteiger partial charge in [-0.25, -0.2) is 4.79 Å². The number of nitrogens with one attached hydrogen (secondary N) is 1. The summed E-state index contributed by atoms with van der Waals surface area (Å²) in [6, 6.07) is 9.49. The summed E-state index contributed by atoms with van der Waals surface area (Å²) in [4.78, 5) is 12.3. The van der Waals surface area contributed by atoms with Gasteiger partial charge in [0.15, 0.2) is 0 Å². The van der Waals surface area contributed by atoms with Crippen molar-refractivity contribution in [1.82, 2.24) is 5.32 Å². The van der Waals surface area contributed by atoms with Crippen LogP contribution >= 0.6 is 23.5 Å². The van der Waals surface area contributed by atoms with Gasteiger partial charge in [0.25, 0.3) is 0 Å². The fourth-order valence-corrected chi connectivity index (χ4v) is 5.65. The zero-order valence-electron chi connectivity index (χ0n) is 13.9. The van der Waals surface area contributed by atoms with Crippen LogP contribution in [0, 0.1) is 0 Å². The molecule has 0 unspecified atom stereocenters. The Morgan fingerprint density at radius 2 is 1.91 bits per heavy atom. The van der Waals surface area contributed by atoms with Crippen LogP contribution in [0.4, 0.5) is 4.79 Å². The van der Waals surface area contributed by atoms with Crippen LogP contribution in [0.15, 0.2) is 30.3 Å². The van der Waals surface area contributed by atoms with Gasteiger partial charge in [-0.2, -0.15) is 0 Å². The minimum absolute atomic E-state index is 0.00229. The van der Waals surface area contributed by atoms with Crippen molar-refractivity contribution in [1.29, 1.82) is 0 Å². The number of benzene rings is 1. The highest BCUT2D eigenvalue weighted by atomic mass is 32.2. The number of thioether (sulfide) groups is 2. The first-order chi connectivity index (χ1) is 10.9. The topological polar surface area (TPSA) is 58.6 Å². The maximum Gasteiger partial charge on any atom is 0.408 e. The Labute approximate surface area is 146 Å². The molecule has 4 nitrogen and oxygen atoms in total. The number of carbonyl (C=O) groups excluding carboxylic acids is 1. The van der Waals surface area contributed by atoms with Crippen LogP contribution in [0.2, 0.25) is 0 Å². The van der Waals surface area contributed by atoms with Gasteiger partial charge < -0.3 is 15.2 Å². The number of hydrogen-bond donors (Lipinski definition) is 2. The monoisotopic (exact) mass is 355 g/mol. The summed E-state index contributed by atoms with van der Waals surface area (Å²) in [5.41, 5.74) is 0.430. The van der Waals surface area contributed by atoms with Gasteiger partial charge in [0, 0.05) is 0 Å². The highest BCUT2D eigenvalue weighted by Gasteiger charge is 2.43. The van der Waals surface area contributed by atoms with Crippen molar-refractivity contribution in [3.63, 3.8) is 0 Å². The van der Waals surface area contributed by atoms with Crippen molar-refractivity contribution in [2.45, 2.75) is 42.9 Å². The van der Waals surface area contributed by atoms with Gasteiger partial charge in [-0.05, 0) is 44.3 Å². The number of aliphatic hydroxyl groups excluding tert-OH is 1. The number of ether oxygens (including phenoxy) is 1. The van der Waals surface area contributed by atoms with Crippen LogP contribution in [-0.2, 0) is 4.74 Å². The van der Waals surface area contributed by atoms with E-state index >= 15 is 0 Å². The maximum atomic E-state index is 12.3. The van der Waals surface area contributed by atoms with E-state index in [1.165, 1.54) is 0 Å². The molecule has 0 spiro atoms. The average Bonchev–Trinajstić information content (AvgIpc) is 2.52. The van der Waals surface area contributed by atoms with E-state index in [0.29, 0.717) is 0 Å². The molecule has 1 heterocycles. The number of rotatable bonds is 4. The van der Waals surface area contributed by atoms with Crippen molar-refractivity contribution < 1.29 is 14.6 Å². The van der Waals surface area contributed by atoms with Crippen LogP contribution in [0.25, 0.3) is 0 Å². The smallest absolute Gasteiger partial charge is 0.408 e. The third-order valence-electron chi connectivity index (χ3n) is 3.44. The standard InChI is InChI=1S/C17H25NO3S2/c1-16(2,3)21-15(20)18-14(13-8-5-4-6-9-13)17(12-19)22-10-7-11-23-17/h4-6,8-9,14,19H,7,10-12H2,1-3H3,(H,18,20)/t14-/m0/s1. The van der Waals surface area contributed by atoms with Crippen LogP contribution in [0.1, 0.15) is 38.8 Å². The lowest BCUT2D eigenvalue weighted by molar-refractivity contribution is 0.0494. The van der Waals surface area contributed by atoms with Crippen molar-refractivity contribution >= 4 is 29.6 Å². The molecule has 1 fully saturated rings. The van der Waals surface area contributed by atoms with Crippen molar-refractivity contribution in [3.8, 4) is 0 Å². The molecule has 0 aliphatic carbocycles. The van der Waals surface area contributed by atoms with E-state index in [1.807, 2.05) is 51.1 Å². The van der Waals surface area contributed by atoms with Crippen LogP contribution in [0.3, 0.4) is 0 Å². The Bertz CT molecular complexity index is 510. The number of alkyl carbamates (subject to hydrolysis) is 1. The molecule has 0 bridgehead atoms. The summed E-state index contributed by atoms with van der Waals surface area (Å²) in [5.74, 6) is 1.96. The van der Waals surface area contributed by atoms with Gasteiger partial charge in [-0.1, -0.05) is 30.3 Å². The summed E-state index contributed by atoms with van der Waals surface area (Å²) in [5, 5.41) is 13.1. The normalized spacial score (nSPS) is 19.0. The first-order valence-electron chi connectivity index (χ1n) is 7.79. The van der Waals surface area contributed by atoms with Crippen LogP contribution in [-0.4, -0.2) is 39.0 Å². The van der Waals surface area contributed by atoms with Gasteiger partial charge in [-0.3, -0.25) is 0 Å². The molecule has 1 atom stereocenters. The average molecular weight is 356 g/mol. The van der Waals surface area contributed by atoms with Crippen LogP contribution in [0.5, 0.6) is 0 Å². The molecule has 1 saturated heterocycles. The van der Waals surface area contributed by atoms with Gasteiger partial charge >= 0.3 is 6.09 Å². The number of carbonyl (C=O) groups is 1. The fourth-order valence-electron chi connectivity index (χ4n) is 2.46. The van der Waals surface area contributed by atoms with Crippen molar-refractivity contribution in [2.75, 3.05) is 18.1 Å². The molecule has 1 aliphatic rings. The molecule has 0 saturated carbocycles. The predicted octanol–water partition coefficient (Wildman–Crippen LogP) is 3.81. The summed E-state index contributed by atoms with van der Waals surface area (Å²) in [6.45, 7) is 5.53. The van der Waals surface area contributed by atoms with Gasteiger partial charge in [0.1, 0.15) is 9.68 Å². The zero-order valence-corrected chi connectivity index (χ0v) is 15.5. The molecule has 0 aromatic heterocycles. The van der Waals surface area contributed by atoms with Crippen molar-refractivity contribution in [2.24, 2.45) is 0 Å². The fraction of sp³-hybridized carbons (Fsp3) is 0.588. The molecule has 6 heteroatoms. The van der Waals surface area contributed by atoms with E-state index in [4.69, 9.17) is 4.74 Å². The summed E-state index contributed by atoms with van der Waals surface area (Å²) in [7, 11) is 0. The second kappa shape index (κ2) is 7.81. The largest absolute Gasteiger partial charge is 0.444 e. The Hall–Kier alpha value is -0.850. The Morgan fingerprint density at radius 3 is 2.43 bits per heavy atom. The lowest BCUT2D eigenvalue weighted by atomic mass is 10.0. The molecule has 1 amide bonds. The molecule has 2 rings (SSSR count). The number of amides is 1. The molecule has 23 heavy (non-hydrogen) atoms. The number of aliphatic hydroxyl groups is 1. The van der Waals surface area contributed by atoms with E-state index < -0.39 is 15.8 Å². The minimum Gasteiger partial charge on any atom is -0.444 e. The molecular formula is C17H25NO3S2. The van der Waals surface area contributed by atoms with Gasteiger partial charge in [0.2, 0.25) is 0 Å². The highest BCUT2D eigenvalue weighted by Crippen LogP contribution is 2.50. The molecule has 128 valence electrons. The lowest BCUT2D eigenvalue weighted by Crippen LogP contribution is -2.47. The molecular weight excluding hydrogens is 330 g/mol. The third kappa shape index (κ3) is 5.06. The zero-order chi connectivity index (χ0) is 16.9. The maximum absolute atomic E-state index is 12.3. The molecule has 1 aromatic carbocycles. The molecule has 2 N–H and O–H groups in total. The highest BCUT2D eigenvalue weighted by molar-refractivity contribution is 8.18. The van der Waals surface area contributed by atoms with E-state index in [1.54, 1.807) is 23.5 Å². The molecule has 1 aliphatic heterocycles. The SMILES string of the molecule is CC(C)(C)OC(=O)N[C@@H](c1ccccc1)C1(CO)SCCCS1. The lowest BCUT2D eigenvalue weighted by Gasteiger charge is -2.41. The minimum atomic E-state index is -0.551. The second-order valence-electron chi connectivity index (χ2n) is 6.51. The van der Waals surface area contributed by atoms with E-state index in [9.17, 15) is 9.90 Å². The molecule has 0 radical (unpaired) electrons. The van der Waals surface area contributed by atoms with E-state index in [2.05, 4.69) is 5.32 Å². The third-order valence-corrected chi connectivity index (χ3v) is 6.84. The summed E-state index contributed by atoms with van der Waals surface area (Å²) in [6.07, 6.45) is 0.663. The summed E-state index contributed by atoms with van der Waals surface area (Å²) >= 11 is 3.43. The van der Waals surface area contributed by atoms with Gasteiger partial charge in [-0.15, -0.1) is 23.5 Å². The van der Waals surface area contributed by atoms with E-state index in [-0.39, 0.29) is 12.6 Å². The second-order valence-corrected chi connectivity index (χ2v) is 9.62. The first-order valence-corrected chi connectivity index (χ1v) is 9.77. The molecule has 1 aromatic rings. The Kier molecular flexibility index (Phi) is 6.28. The number of hydrogen-bond acceptors (Lipinski definition) is 5.